The summed E-state index contributed by atoms with van der Waals surface area (Å²) in [6.07, 6.45) is 3.69. The van der Waals surface area contributed by atoms with Crippen LogP contribution in [0.15, 0.2) is 41.6 Å². The highest BCUT2D eigenvalue weighted by atomic mass is 19.1. The lowest BCUT2D eigenvalue weighted by atomic mass is 9.77. The molecule has 0 atom stereocenters. The monoisotopic (exact) mass is 417 g/mol. The van der Waals surface area contributed by atoms with Gasteiger partial charge in [0.2, 0.25) is 0 Å². The van der Waals surface area contributed by atoms with Gasteiger partial charge in [0.05, 0.1) is 11.2 Å². The van der Waals surface area contributed by atoms with Gasteiger partial charge in [-0.15, -0.1) is 0 Å². The molecule has 0 spiro atoms. The summed E-state index contributed by atoms with van der Waals surface area (Å²) in [4.78, 5) is 11.8. The van der Waals surface area contributed by atoms with Gasteiger partial charge in [-0.05, 0) is 76.9 Å². The molecule has 1 aromatic carbocycles. The maximum atomic E-state index is 14.9. The van der Waals surface area contributed by atoms with Gasteiger partial charge in [0.1, 0.15) is 12.3 Å². The van der Waals surface area contributed by atoms with E-state index in [2.05, 4.69) is 5.32 Å². The Morgan fingerprint density at radius 3 is 2.33 bits per heavy atom. The highest BCUT2D eigenvalue weighted by molar-refractivity contribution is 6.53. The highest BCUT2D eigenvalue weighted by Gasteiger charge is 2.53. The van der Waals surface area contributed by atoms with Crippen molar-refractivity contribution in [2.75, 3.05) is 6.54 Å². The van der Waals surface area contributed by atoms with Crippen LogP contribution in [0.2, 0.25) is 0 Å². The predicted molar refractivity (Wildman–Crippen MR) is 115 cm³/mol. The molecule has 1 aromatic rings. The lowest BCUT2D eigenvalue weighted by Crippen LogP contribution is -2.41. The second kappa shape index (κ2) is 9.52. The Morgan fingerprint density at radius 2 is 1.73 bits per heavy atom. The molecule has 1 heterocycles. The number of halogens is 1. The third-order valence-corrected chi connectivity index (χ3v) is 6.54. The first kappa shape index (κ1) is 22.8. The molecule has 2 aliphatic rings. The van der Waals surface area contributed by atoms with Crippen LogP contribution < -0.4 is 5.32 Å². The van der Waals surface area contributed by atoms with Crippen LogP contribution in [-0.4, -0.2) is 31.0 Å². The molecule has 1 saturated carbocycles. The summed E-state index contributed by atoms with van der Waals surface area (Å²) in [6.45, 7) is 8.55. The first-order valence-corrected chi connectivity index (χ1v) is 10.9. The van der Waals surface area contributed by atoms with Crippen LogP contribution in [0.3, 0.4) is 0 Å². The van der Waals surface area contributed by atoms with Crippen LogP contribution in [0.4, 0.5) is 9.18 Å². The van der Waals surface area contributed by atoms with Crippen molar-refractivity contribution in [3.8, 4) is 0 Å². The average molecular weight is 417 g/mol. The molecule has 7 heteroatoms. The van der Waals surface area contributed by atoms with E-state index in [-0.39, 0.29) is 12.3 Å². The van der Waals surface area contributed by atoms with E-state index < -0.39 is 24.4 Å². The van der Waals surface area contributed by atoms with Crippen molar-refractivity contribution in [3.63, 3.8) is 0 Å². The molecule has 1 aliphatic heterocycles. The van der Waals surface area contributed by atoms with Crippen LogP contribution in [0.1, 0.15) is 65.4 Å². The minimum absolute atomic E-state index is 0.255. The summed E-state index contributed by atoms with van der Waals surface area (Å²) in [5.41, 5.74) is 0.444. The van der Waals surface area contributed by atoms with E-state index in [4.69, 9.17) is 14.0 Å². The van der Waals surface area contributed by atoms with E-state index in [0.29, 0.717) is 25.3 Å². The molecule has 164 valence electrons. The van der Waals surface area contributed by atoms with Gasteiger partial charge in [0.25, 0.3) is 0 Å². The number of nitrogens with one attached hydrogen (secondary N) is 1. The van der Waals surface area contributed by atoms with Gasteiger partial charge in [0.15, 0.2) is 0 Å². The van der Waals surface area contributed by atoms with Crippen LogP contribution in [-0.2, 0) is 20.7 Å². The number of carbonyl (C=O) groups is 1. The topological polar surface area (TPSA) is 56.8 Å². The van der Waals surface area contributed by atoms with Crippen molar-refractivity contribution < 1.29 is 23.2 Å². The van der Waals surface area contributed by atoms with Gasteiger partial charge < -0.3 is 19.4 Å². The highest BCUT2D eigenvalue weighted by Crippen LogP contribution is 2.41. The van der Waals surface area contributed by atoms with Crippen molar-refractivity contribution in [1.29, 1.82) is 0 Å². The van der Waals surface area contributed by atoms with Crippen molar-refractivity contribution in [2.45, 2.75) is 77.6 Å². The van der Waals surface area contributed by atoms with Gasteiger partial charge in [-0.3, -0.25) is 0 Å². The SMILES string of the molecule is CC1(C)OB(C(F)=C2CCC(CCNC(=O)OCc3ccccc3)CC2)OC1(C)C. The molecular weight excluding hydrogens is 384 g/mol. The molecule has 1 aliphatic carbocycles. The Morgan fingerprint density at radius 1 is 1.13 bits per heavy atom. The molecule has 2 fully saturated rings. The molecule has 3 rings (SSSR count). The first-order valence-electron chi connectivity index (χ1n) is 10.9. The van der Waals surface area contributed by atoms with E-state index in [1.807, 2.05) is 58.0 Å². The number of hydrogen-bond acceptors (Lipinski definition) is 4. The van der Waals surface area contributed by atoms with E-state index in [1.165, 1.54) is 0 Å². The summed E-state index contributed by atoms with van der Waals surface area (Å²) >= 11 is 0. The molecule has 0 aromatic heterocycles. The first-order chi connectivity index (χ1) is 14.2. The fourth-order valence-electron chi connectivity index (χ4n) is 3.82. The number of allylic oxidation sites excluding steroid dienone is 1. The van der Waals surface area contributed by atoms with Crippen molar-refractivity contribution >= 4 is 13.2 Å². The quantitative estimate of drug-likeness (QED) is 0.635. The van der Waals surface area contributed by atoms with Crippen LogP contribution in [0.25, 0.3) is 0 Å². The number of amides is 1. The third kappa shape index (κ3) is 5.64. The summed E-state index contributed by atoms with van der Waals surface area (Å²) < 4.78 is 31.8. The number of hydrogen-bond donors (Lipinski definition) is 1. The minimum atomic E-state index is -0.900. The van der Waals surface area contributed by atoms with E-state index >= 15 is 0 Å². The van der Waals surface area contributed by atoms with Crippen LogP contribution in [0.5, 0.6) is 0 Å². The molecule has 1 saturated heterocycles. The summed E-state index contributed by atoms with van der Waals surface area (Å²) in [7, 11) is -0.900. The Bertz CT molecular complexity index is 740. The number of benzene rings is 1. The maximum Gasteiger partial charge on any atom is 0.525 e. The van der Waals surface area contributed by atoms with E-state index in [9.17, 15) is 9.18 Å². The largest absolute Gasteiger partial charge is 0.525 e. The van der Waals surface area contributed by atoms with E-state index in [0.717, 1.165) is 30.4 Å². The Hall–Kier alpha value is -1.86. The zero-order chi connectivity index (χ0) is 21.8. The lowest BCUT2D eigenvalue weighted by Gasteiger charge is -2.32. The van der Waals surface area contributed by atoms with Crippen molar-refractivity contribution in [2.24, 2.45) is 5.92 Å². The molecule has 0 bridgehead atoms. The van der Waals surface area contributed by atoms with Gasteiger partial charge in [-0.2, -0.15) is 0 Å². The number of carbonyl (C=O) groups excluding carboxylic acids is 1. The summed E-state index contributed by atoms with van der Waals surface area (Å²) in [5.74, 6) is 0.467. The summed E-state index contributed by atoms with van der Waals surface area (Å²) in [6, 6.07) is 9.59. The average Bonchev–Trinajstić information content (AvgIpc) is 2.94. The minimum Gasteiger partial charge on any atom is -0.445 e. The number of rotatable bonds is 6. The van der Waals surface area contributed by atoms with Crippen molar-refractivity contribution in [1.82, 2.24) is 5.32 Å². The predicted octanol–water partition coefficient (Wildman–Crippen LogP) is 5.35. The lowest BCUT2D eigenvalue weighted by molar-refractivity contribution is 0.00578. The fourth-order valence-corrected chi connectivity index (χ4v) is 3.82. The standard InChI is InChI=1S/C23H33BFNO4/c1-22(2)23(3,4)30-24(29-22)20(25)19-12-10-17(11-13-19)14-15-26-21(27)28-16-18-8-6-5-7-9-18/h5-9,17H,10-16H2,1-4H3,(H,26,27). The second-order valence-electron chi connectivity index (χ2n) is 9.26. The number of alkyl carbamates (subject to hydrolysis) is 1. The molecule has 1 N–H and O–H groups in total. The normalized spacial score (nSPS) is 22.6. The van der Waals surface area contributed by atoms with Gasteiger partial charge >= 0.3 is 13.2 Å². The Labute approximate surface area is 179 Å². The molecule has 0 unspecified atom stereocenters. The van der Waals surface area contributed by atoms with E-state index in [1.54, 1.807) is 0 Å². The Kier molecular flexibility index (Phi) is 7.24. The molecule has 5 nitrogen and oxygen atoms in total. The fraction of sp³-hybridized carbons (Fsp3) is 0.609. The second-order valence-corrected chi connectivity index (χ2v) is 9.26. The van der Waals surface area contributed by atoms with Gasteiger partial charge in [-0.25, -0.2) is 9.18 Å². The molecule has 1 amide bonds. The zero-order valence-electron chi connectivity index (χ0n) is 18.5. The van der Waals surface area contributed by atoms with Gasteiger partial charge in [-0.1, -0.05) is 30.3 Å². The third-order valence-electron chi connectivity index (χ3n) is 6.54. The van der Waals surface area contributed by atoms with Crippen LogP contribution >= 0.6 is 0 Å². The maximum absolute atomic E-state index is 14.9. The van der Waals surface area contributed by atoms with Crippen LogP contribution in [0, 0.1) is 5.92 Å². The Balaban J connectivity index is 1.37. The van der Waals surface area contributed by atoms with Crippen molar-refractivity contribution in [3.05, 3.63) is 47.2 Å². The summed E-state index contributed by atoms with van der Waals surface area (Å²) in [5, 5.41) is 2.81. The smallest absolute Gasteiger partial charge is 0.445 e. The molecule has 30 heavy (non-hydrogen) atoms. The molecular formula is C23H33BFNO4. The van der Waals surface area contributed by atoms with Gasteiger partial charge in [0, 0.05) is 6.54 Å². The molecule has 0 radical (unpaired) electrons. The zero-order valence-corrected chi connectivity index (χ0v) is 18.5. The number of ether oxygens (including phenoxy) is 1.